The van der Waals surface area contributed by atoms with Crippen LogP contribution in [-0.4, -0.2) is 49.1 Å². The Labute approximate surface area is 75.5 Å². The van der Waals surface area contributed by atoms with Gasteiger partial charge in [-0.2, -0.15) is 0 Å². The molecule has 70 valence electrons. The second-order valence-corrected chi connectivity index (χ2v) is 4.30. The van der Waals surface area contributed by atoms with Crippen LogP contribution in [0.4, 0.5) is 0 Å². The predicted octanol–water partition coefficient (Wildman–Crippen LogP) is 1.03. The van der Waals surface area contributed by atoms with Crippen LogP contribution < -0.4 is 0 Å². The Morgan fingerprint density at radius 1 is 1.25 bits per heavy atom. The van der Waals surface area contributed by atoms with Gasteiger partial charge in [-0.1, -0.05) is 6.92 Å². The van der Waals surface area contributed by atoms with Gasteiger partial charge in [-0.25, -0.2) is 0 Å². The van der Waals surface area contributed by atoms with Crippen molar-refractivity contribution in [2.24, 2.45) is 5.92 Å². The first-order valence-corrected chi connectivity index (χ1v) is 5.24. The number of hydrogen-bond acceptors (Lipinski definition) is 2. The molecular formula is C10H20N2. The van der Waals surface area contributed by atoms with Crippen LogP contribution in [0, 0.1) is 5.92 Å². The molecule has 0 N–H and O–H groups in total. The second kappa shape index (κ2) is 3.35. The van der Waals surface area contributed by atoms with Crippen LogP contribution in [0.25, 0.3) is 0 Å². The Balaban J connectivity index is 1.98. The van der Waals surface area contributed by atoms with Crippen LogP contribution in [0.5, 0.6) is 0 Å². The maximum Gasteiger partial charge on any atom is 0.0148 e. The average molecular weight is 168 g/mol. The Kier molecular flexibility index (Phi) is 2.37. The van der Waals surface area contributed by atoms with Gasteiger partial charge in [-0.3, -0.25) is 0 Å². The lowest BCUT2D eigenvalue weighted by Gasteiger charge is -2.35. The molecule has 0 aromatic rings. The normalized spacial score (nSPS) is 38.5. The fourth-order valence-electron chi connectivity index (χ4n) is 2.86. The van der Waals surface area contributed by atoms with Crippen LogP contribution in [-0.2, 0) is 0 Å². The van der Waals surface area contributed by atoms with Crippen molar-refractivity contribution in [1.82, 2.24) is 9.80 Å². The molecule has 0 radical (unpaired) electrons. The molecule has 0 spiro atoms. The zero-order valence-electron chi connectivity index (χ0n) is 8.29. The third-order valence-electron chi connectivity index (χ3n) is 3.56. The van der Waals surface area contributed by atoms with Crippen molar-refractivity contribution >= 4 is 0 Å². The van der Waals surface area contributed by atoms with E-state index in [-0.39, 0.29) is 0 Å². The van der Waals surface area contributed by atoms with Gasteiger partial charge in [-0.05, 0) is 45.4 Å². The monoisotopic (exact) mass is 168 g/mol. The van der Waals surface area contributed by atoms with Gasteiger partial charge in [0.05, 0.1) is 0 Å². The SMILES string of the molecule is CCN1CCC2CN(C)CCC21. The van der Waals surface area contributed by atoms with E-state index in [1.165, 1.54) is 39.0 Å². The third-order valence-corrected chi connectivity index (χ3v) is 3.56. The van der Waals surface area contributed by atoms with Crippen molar-refractivity contribution in [3.63, 3.8) is 0 Å². The molecule has 0 saturated carbocycles. The lowest BCUT2D eigenvalue weighted by atomic mass is 9.93. The number of hydrogen-bond donors (Lipinski definition) is 0. The summed E-state index contributed by atoms with van der Waals surface area (Å²) in [7, 11) is 2.25. The minimum Gasteiger partial charge on any atom is -0.306 e. The van der Waals surface area contributed by atoms with Crippen molar-refractivity contribution in [1.29, 1.82) is 0 Å². The molecule has 2 fully saturated rings. The van der Waals surface area contributed by atoms with Gasteiger partial charge in [0.1, 0.15) is 0 Å². The minimum atomic E-state index is 0.922. The summed E-state index contributed by atoms with van der Waals surface area (Å²) in [5, 5.41) is 0. The second-order valence-electron chi connectivity index (χ2n) is 4.30. The number of nitrogens with zero attached hydrogens (tertiary/aromatic N) is 2. The summed E-state index contributed by atoms with van der Waals surface area (Å²) in [6.45, 7) is 7.53. The number of likely N-dealkylation sites (tertiary alicyclic amines) is 2. The van der Waals surface area contributed by atoms with Gasteiger partial charge in [-0.15, -0.1) is 0 Å². The molecule has 12 heavy (non-hydrogen) atoms. The van der Waals surface area contributed by atoms with Crippen molar-refractivity contribution in [3.05, 3.63) is 0 Å². The Bertz CT molecular complexity index is 158. The zero-order chi connectivity index (χ0) is 8.55. The summed E-state index contributed by atoms with van der Waals surface area (Å²) in [6.07, 6.45) is 2.83. The molecule has 2 aliphatic heterocycles. The van der Waals surface area contributed by atoms with E-state index in [0.717, 1.165) is 12.0 Å². The summed E-state index contributed by atoms with van der Waals surface area (Å²) in [4.78, 5) is 5.15. The molecule has 2 nitrogen and oxygen atoms in total. The zero-order valence-corrected chi connectivity index (χ0v) is 8.29. The molecule has 0 amide bonds. The summed E-state index contributed by atoms with van der Waals surface area (Å²) < 4.78 is 0. The molecule has 2 heteroatoms. The number of piperidine rings is 1. The van der Waals surface area contributed by atoms with E-state index in [1.807, 2.05) is 0 Å². The molecule has 0 aliphatic carbocycles. The van der Waals surface area contributed by atoms with E-state index in [1.54, 1.807) is 0 Å². The predicted molar refractivity (Wildman–Crippen MR) is 51.3 cm³/mol. The van der Waals surface area contributed by atoms with Gasteiger partial charge in [0.25, 0.3) is 0 Å². The molecule has 0 aromatic carbocycles. The van der Waals surface area contributed by atoms with Crippen LogP contribution in [0.1, 0.15) is 19.8 Å². The molecule has 0 aromatic heterocycles. The number of fused-ring (bicyclic) bond motifs is 1. The van der Waals surface area contributed by atoms with E-state index >= 15 is 0 Å². The topological polar surface area (TPSA) is 6.48 Å². The van der Waals surface area contributed by atoms with Gasteiger partial charge >= 0.3 is 0 Å². The van der Waals surface area contributed by atoms with E-state index < -0.39 is 0 Å². The summed E-state index contributed by atoms with van der Waals surface area (Å²) in [5.74, 6) is 0.976. The average Bonchev–Trinajstić information content (AvgIpc) is 2.46. The molecule has 2 saturated heterocycles. The van der Waals surface area contributed by atoms with Crippen molar-refractivity contribution in [3.8, 4) is 0 Å². The summed E-state index contributed by atoms with van der Waals surface area (Å²) >= 11 is 0. The van der Waals surface area contributed by atoms with Crippen molar-refractivity contribution in [2.45, 2.75) is 25.8 Å². The van der Waals surface area contributed by atoms with E-state index in [2.05, 4.69) is 23.8 Å². The van der Waals surface area contributed by atoms with Gasteiger partial charge in [0.15, 0.2) is 0 Å². The molecular weight excluding hydrogens is 148 g/mol. The summed E-state index contributed by atoms with van der Waals surface area (Å²) in [5.41, 5.74) is 0. The maximum absolute atomic E-state index is 2.66. The molecule has 2 rings (SSSR count). The molecule has 2 aliphatic rings. The molecule has 0 bridgehead atoms. The lowest BCUT2D eigenvalue weighted by Crippen LogP contribution is -2.44. The summed E-state index contributed by atoms with van der Waals surface area (Å²) in [6, 6.07) is 0.922. The molecule has 2 atom stereocenters. The highest BCUT2D eigenvalue weighted by Gasteiger charge is 2.36. The van der Waals surface area contributed by atoms with Crippen LogP contribution >= 0.6 is 0 Å². The first-order valence-electron chi connectivity index (χ1n) is 5.24. The van der Waals surface area contributed by atoms with Crippen LogP contribution in [0.15, 0.2) is 0 Å². The van der Waals surface area contributed by atoms with E-state index in [0.29, 0.717) is 0 Å². The lowest BCUT2D eigenvalue weighted by molar-refractivity contribution is 0.133. The van der Waals surface area contributed by atoms with Gasteiger partial charge < -0.3 is 9.80 Å². The van der Waals surface area contributed by atoms with Crippen molar-refractivity contribution in [2.75, 3.05) is 33.2 Å². The fourth-order valence-corrected chi connectivity index (χ4v) is 2.86. The Morgan fingerprint density at radius 2 is 2.08 bits per heavy atom. The highest BCUT2D eigenvalue weighted by atomic mass is 15.2. The van der Waals surface area contributed by atoms with E-state index in [4.69, 9.17) is 0 Å². The minimum absolute atomic E-state index is 0.922. The van der Waals surface area contributed by atoms with Crippen LogP contribution in [0.2, 0.25) is 0 Å². The molecule has 2 heterocycles. The standard InChI is InChI=1S/C10H20N2/c1-3-12-7-4-9-8-11(2)6-5-10(9)12/h9-10H,3-8H2,1-2H3. The maximum atomic E-state index is 2.66. The van der Waals surface area contributed by atoms with Gasteiger partial charge in [0.2, 0.25) is 0 Å². The molecule has 2 unspecified atom stereocenters. The van der Waals surface area contributed by atoms with E-state index in [9.17, 15) is 0 Å². The Hall–Kier alpha value is -0.0800. The van der Waals surface area contributed by atoms with Crippen LogP contribution in [0.3, 0.4) is 0 Å². The highest BCUT2D eigenvalue weighted by molar-refractivity contribution is 4.91. The third kappa shape index (κ3) is 1.38. The fraction of sp³-hybridized carbons (Fsp3) is 1.00. The smallest absolute Gasteiger partial charge is 0.0148 e. The van der Waals surface area contributed by atoms with Crippen molar-refractivity contribution < 1.29 is 0 Å². The van der Waals surface area contributed by atoms with Gasteiger partial charge in [0, 0.05) is 12.6 Å². The number of rotatable bonds is 1. The first kappa shape index (κ1) is 8.52. The Morgan fingerprint density at radius 3 is 2.83 bits per heavy atom. The first-order chi connectivity index (χ1) is 5.81. The highest BCUT2D eigenvalue weighted by Crippen LogP contribution is 2.30. The largest absolute Gasteiger partial charge is 0.306 e. The quantitative estimate of drug-likeness (QED) is 0.577.